The number of ether oxygens (including phenoxy) is 1. The van der Waals surface area contributed by atoms with Gasteiger partial charge < -0.3 is 15.0 Å². The molecule has 0 spiro atoms. The molecule has 27 heavy (non-hydrogen) atoms. The van der Waals surface area contributed by atoms with Crippen molar-refractivity contribution >= 4 is 12.0 Å². The molecule has 0 aliphatic heterocycles. The van der Waals surface area contributed by atoms with Crippen LogP contribution in [0.15, 0.2) is 54.6 Å². The highest BCUT2D eigenvalue weighted by Crippen LogP contribution is 2.19. The number of nitrogens with zero attached hydrogens (tertiary/aromatic N) is 1. The van der Waals surface area contributed by atoms with Crippen LogP contribution in [-0.4, -0.2) is 36.1 Å². The fourth-order valence-corrected chi connectivity index (χ4v) is 2.57. The molecule has 0 unspecified atom stereocenters. The Morgan fingerprint density at radius 3 is 2.15 bits per heavy atom. The zero-order valence-corrected chi connectivity index (χ0v) is 16.5. The summed E-state index contributed by atoms with van der Waals surface area (Å²) in [6.45, 7) is 6.18. The molecule has 0 saturated carbocycles. The van der Waals surface area contributed by atoms with Crippen LogP contribution >= 0.6 is 0 Å². The standard InChI is InChI=1S/C22H28N2O3/c1-22(2,3)27-21(26)23-15-14-20(25)24(4)16-17-10-12-19(13-11-17)18-8-6-5-7-9-18/h5-13H,14-16H2,1-4H3,(H,23,26). The molecule has 0 aliphatic rings. The highest BCUT2D eigenvalue weighted by atomic mass is 16.6. The van der Waals surface area contributed by atoms with Gasteiger partial charge in [0.25, 0.3) is 0 Å². The SMILES string of the molecule is CN(Cc1ccc(-c2ccccc2)cc1)C(=O)CCNC(=O)OC(C)(C)C. The second-order valence-electron chi connectivity index (χ2n) is 7.49. The summed E-state index contributed by atoms with van der Waals surface area (Å²) in [4.78, 5) is 25.5. The van der Waals surface area contributed by atoms with Crippen molar-refractivity contribution in [2.75, 3.05) is 13.6 Å². The quantitative estimate of drug-likeness (QED) is 0.830. The third-order valence-electron chi connectivity index (χ3n) is 3.91. The zero-order chi connectivity index (χ0) is 19.9. The van der Waals surface area contributed by atoms with Crippen molar-refractivity contribution in [3.8, 4) is 11.1 Å². The lowest BCUT2D eigenvalue weighted by molar-refractivity contribution is -0.130. The molecule has 144 valence electrons. The number of carbonyl (C=O) groups excluding carboxylic acids is 2. The number of hydrogen-bond acceptors (Lipinski definition) is 3. The molecular formula is C22H28N2O3. The lowest BCUT2D eigenvalue weighted by Crippen LogP contribution is -2.35. The Balaban J connectivity index is 1.79. The van der Waals surface area contributed by atoms with E-state index in [0.717, 1.165) is 11.1 Å². The van der Waals surface area contributed by atoms with Gasteiger partial charge in [-0.2, -0.15) is 0 Å². The van der Waals surface area contributed by atoms with Crippen LogP contribution in [0.4, 0.5) is 4.79 Å². The number of rotatable bonds is 6. The molecule has 0 fully saturated rings. The maximum absolute atomic E-state index is 12.2. The molecule has 0 radical (unpaired) electrons. The summed E-state index contributed by atoms with van der Waals surface area (Å²) < 4.78 is 5.15. The fraction of sp³-hybridized carbons (Fsp3) is 0.364. The number of nitrogens with one attached hydrogen (secondary N) is 1. The van der Waals surface area contributed by atoms with E-state index in [1.807, 2.05) is 30.3 Å². The van der Waals surface area contributed by atoms with Crippen molar-refractivity contribution in [3.63, 3.8) is 0 Å². The lowest BCUT2D eigenvalue weighted by atomic mass is 10.0. The molecule has 5 nitrogen and oxygen atoms in total. The molecule has 0 saturated heterocycles. The van der Waals surface area contributed by atoms with Crippen LogP contribution < -0.4 is 5.32 Å². The molecule has 2 amide bonds. The minimum Gasteiger partial charge on any atom is -0.444 e. The van der Waals surface area contributed by atoms with Gasteiger partial charge in [-0.3, -0.25) is 4.79 Å². The van der Waals surface area contributed by atoms with Gasteiger partial charge in [-0.15, -0.1) is 0 Å². The summed E-state index contributed by atoms with van der Waals surface area (Å²) >= 11 is 0. The fourth-order valence-electron chi connectivity index (χ4n) is 2.57. The van der Waals surface area contributed by atoms with E-state index in [1.165, 1.54) is 5.56 Å². The number of carbonyl (C=O) groups is 2. The van der Waals surface area contributed by atoms with E-state index in [9.17, 15) is 9.59 Å². The molecule has 2 aromatic carbocycles. The smallest absolute Gasteiger partial charge is 0.407 e. The highest BCUT2D eigenvalue weighted by molar-refractivity contribution is 5.77. The second-order valence-corrected chi connectivity index (χ2v) is 7.49. The van der Waals surface area contributed by atoms with Gasteiger partial charge in [0.05, 0.1) is 0 Å². The molecule has 5 heteroatoms. The normalized spacial score (nSPS) is 11.0. The van der Waals surface area contributed by atoms with Crippen molar-refractivity contribution < 1.29 is 14.3 Å². The summed E-state index contributed by atoms with van der Waals surface area (Å²) in [5.74, 6) is -0.0294. The maximum atomic E-state index is 12.2. The van der Waals surface area contributed by atoms with E-state index in [1.54, 1.807) is 32.7 Å². The minimum absolute atomic E-state index is 0.0294. The van der Waals surface area contributed by atoms with Crippen LogP contribution in [0.5, 0.6) is 0 Å². The van der Waals surface area contributed by atoms with E-state index < -0.39 is 11.7 Å². The van der Waals surface area contributed by atoms with Crippen LogP contribution in [0, 0.1) is 0 Å². The number of benzene rings is 2. The Bertz CT molecular complexity index is 749. The molecule has 0 aliphatic carbocycles. The largest absolute Gasteiger partial charge is 0.444 e. The molecule has 0 atom stereocenters. The average molecular weight is 368 g/mol. The predicted octanol–water partition coefficient (Wildman–Crippen LogP) is 4.23. The Kier molecular flexibility index (Phi) is 6.99. The summed E-state index contributed by atoms with van der Waals surface area (Å²) in [5, 5.41) is 2.61. The second kappa shape index (κ2) is 9.21. The summed E-state index contributed by atoms with van der Waals surface area (Å²) in [6, 6.07) is 18.4. The first-order valence-electron chi connectivity index (χ1n) is 9.10. The number of alkyl carbamates (subject to hydrolysis) is 1. The van der Waals surface area contributed by atoms with Crippen LogP contribution in [0.25, 0.3) is 11.1 Å². The van der Waals surface area contributed by atoms with Gasteiger partial charge >= 0.3 is 6.09 Å². The Labute approximate surface area is 161 Å². The Morgan fingerprint density at radius 1 is 0.963 bits per heavy atom. The van der Waals surface area contributed by atoms with Gasteiger partial charge in [-0.1, -0.05) is 54.6 Å². The minimum atomic E-state index is -0.545. The van der Waals surface area contributed by atoms with Crippen LogP contribution in [0.3, 0.4) is 0 Å². The van der Waals surface area contributed by atoms with Gasteiger partial charge in [0.1, 0.15) is 5.60 Å². The number of hydrogen-bond donors (Lipinski definition) is 1. The van der Waals surface area contributed by atoms with Crippen LogP contribution in [0.2, 0.25) is 0 Å². The Morgan fingerprint density at radius 2 is 1.56 bits per heavy atom. The van der Waals surface area contributed by atoms with Crippen molar-refractivity contribution in [2.24, 2.45) is 0 Å². The highest BCUT2D eigenvalue weighted by Gasteiger charge is 2.16. The van der Waals surface area contributed by atoms with Gasteiger partial charge in [0.15, 0.2) is 0 Å². The molecule has 0 bridgehead atoms. The molecular weight excluding hydrogens is 340 g/mol. The molecule has 0 heterocycles. The van der Waals surface area contributed by atoms with Gasteiger partial charge in [-0.25, -0.2) is 4.79 Å². The van der Waals surface area contributed by atoms with Gasteiger partial charge in [-0.05, 0) is 37.5 Å². The predicted molar refractivity (Wildman–Crippen MR) is 107 cm³/mol. The van der Waals surface area contributed by atoms with Crippen molar-refractivity contribution in [1.82, 2.24) is 10.2 Å². The molecule has 2 rings (SSSR count). The van der Waals surface area contributed by atoms with Crippen molar-refractivity contribution in [2.45, 2.75) is 39.3 Å². The van der Waals surface area contributed by atoms with E-state index >= 15 is 0 Å². The van der Waals surface area contributed by atoms with E-state index in [2.05, 4.69) is 29.6 Å². The van der Waals surface area contributed by atoms with Gasteiger partial charge in [0, 0.05) is 26.6 Å². The average Bonchev–Trinajstić information content (AvgIpc) is 2.61. The van der Waals surface area contributed by atoms with E-state index in [0.29, 0.717) is 6.54 Å². The third kappa shape index (κ3) is 7.13. The summed E-state index contributed by atoms with van der Waals surface area (Å²) in [6.07, 6.45) is -0.271. The van der Waals surface area contributed by atoms with Crippen LogP contribution in [-0.2, 0) is 16.1 Å². The van der Waals surface area contributed by atoms with Gasteiger partial charge in [0.2, 0.25) is 5.91 Å². The van der Waals surface area contributed by atoms with Crippen molar-refractivity contribution in [1.29, 1.82) is 0 Å². The monoisotopic (exact) mass is 368 g/mol. The maximum Gasteiger partial charge on any atom is 0.407 e. The third-order valence-corrected chi connectivity index (χ3v) is 3.91. The first-order valence-corrected chi connectivity index (χ1v) is 9.10. The zero-order valence-electron chi connectivity index (χ0n) is 16.5. The Hall–Kier alpha value is -2.82. The topological polar surface area (TPSA) is 58.6 Å². The number of amides is 2. The van der Waals surface area contributed by atoms with Crippen molar-refractivity contribution in [3.05, 3.63) is 60.2 Å². The molecule has 0 aromatic heterocycles. The summed E-state index contributed by atoms with van der Waals surface area (Å²) in [7, 11) is 1.76. The summed E-state index contributed by atoms with van der Waals surface area (Å²) in [5.41, 5.74) is 2.83. The first-order chi connectivity index (χ1) is 12.7. The van der Waals surface area contributed by atoms with E-state index in [4.69, 9.17) is 4.74 Å². The van der Waals surface area contributed by atoms with E-state index in [-0.39, 0.29) is 18.9 Å². The first kappa shape index (κ1) is 20.5. The molecule has 2 aromatic rings. The molecule has 1 N–H and O–H groups in total. The lowest BCUT2D eigenvalue weighted by Gasteiger charge is -2.20. The van der Waals surface area contributed by atoms with Crippen LogP contribution in [0.1, 0.15) is 32.8 Å².